The Kier molecular flexibility index (Phi) is 2.43. The van der Waals surface area contributed by atoms with Gasteiger partial charge in [-0.05, 0) is 31.6 Å². The van der Waals surface area contributed by atoms with Crippen molar-refractivity contribution in [3.05, 3.63) is 0 Å². The molecule has 0 saturated heterocycles. The minimum atomic E-state index is -0.355. The molecular weight excluding hydrogens is 180 g/mol. The maximum absolute atomic E-state index is 11.4. The highest BCUT2D eigenvalue weighted by Gasteiger charge is 2.45. The molecule has 2 aliphatic rings. The second-order valence-electron chi connectivity index (χ2n) is 4.64. The molecule has 0 unspecified atom stereocenters. The Balaban J connectivity index is 2.20. The molecule has 0 aromatic heterocycles. The van der Waals surface area contributed by atoms with Crippen LogP contribution in [-0.2, 0) is 9.59 Å². The fourth-order valence-electron chi connectivity index (χ4n) is 3.05. The molecule has 0 bridgehead atoms. The second-order valence-corrected chi connectivity index (χ2v) is 4.64. The first-order valence-corrected chi connectivity index (χ1v) is 5.30. The number of aliphatic hydroxyl groups is 1. The van der Waals surface area contributed by atoms with Crippen LogP contribution in [0.25, 0.3) is 0 Å². The van der Waals surface area contributed by atoms with E-state index in [1.807, 2.05) is 0 Å². The van der Waals surface area contributed by atoms with Gasteiger partial charge in [0, 0.05) is 18.8 Å². The van der Waals surface area contributed by atoms with Crippen LogP contribution in [0.15, 0.2) is 0 Å². The molecule has 2 saturated carbocycles. The van der Waals surface area contributed by atoms with E-state index in [9.17, 15) is 14.7 Å². The molecule has 0 aliphatic heterocycles. The minimum absolute atomic E-state index is 0.0603. The quantitative estimate of drug-likeness (QED) is 0.679. The number of Topliss-reactive ketones (excluding diaryl/α,β-unsaturated/α-hetero) is 2. The average molecular weight is 196 g/mol. The normalized spacial score (nSPS) is 42.3. The smallest absolute Gasteiger partial charge is 0.134 e. The van der Waals surface area contributed by atoms with Crippen LogP contribution in [0, 0.1) is 17.8 Å². The minimum Gasteiger partial charge on any atom is -0.393 e. The highest BCUT2D eigenvalue weighted by atomic mass is 16.3. The zero-order chi connectivity index (χ0) is 10.3. The molecule has 4 atom stereocenters. The molecule has 0 aromatic carbocycles. The van der Waals surface area contributed by atoms with Crippen LogP contribution >= 0.6 is 0 Å². The summed E-state index contributed by atoms with van der Waals surface area (Å²) in [5.74, 6) is 0.471. The van der Waals surface area contributed by atoms with Crippen LogP contribution in [0.3, 0.4) is 0 Å². The lowest BCUT2D eigenvalue weighted by Gasteiger charge is -2.32. The van der Waals surface area contributed by atoms with Gasteiger partial charge >= 0.3 is 0 Å². The summed E-state index contributed by atoms with van der Waals surface area (Å²) in [5, 5.41) is 9.68. The van der Waals surface area contributed by atoms with Crippen molar-refractivity contribution < 1.29 is 14.7 Å². The second kappa shape index (κ2) is 3.46. The largest absolute Gasteiger partial charge is 0.393 e. The van der Waals surface area contributed by atoms with Gasteiger partial charge < -0.3 is 5.11 Å². The van der Waals surface area contributed by atoms with Crippen molar-refractivity contribution in [2.24, 2.45) is 17.8 Å². The Bertz CT molecular complexity index is 272. The maximum atomic E-state index is 11.4. The summed E-state index contributed by atoms with van der Waals surface area (Å²) in [6, 6.07) is 0. The summed E-state index contributed by atoms with van der Waals surface area (Å²) in [7, 11) is 0. The third kappa shape index (κ3) is 1.50. The summed E-state index contributed by atoms with van der Waals surface area (Å²) < 4.78 is 0. The Morgan fingerprint density at radius 2 is 2.00 bits per heavy atom. The Hall–Kier alpha value is -0.700. The maximum Gasteiger partial charge on any atom is 0.134 e. The monoisotopic (exact) mass is 196 g/mol. The van der Waals surface area contributed by atoms with E-state index in [2.05, 4.69) is 0 Å². The van der Waals surface area contributed by atoms with Crippen molar-refractivity contribution in [3.63, 3.8) is 0 Å². The lowest BCUT2D eigenvalue weighted by atomic mass is 9.71. The van der Waals surface area contributed by atoms with E-state index >= 15 is 0 Å². The van der Waals surface area contributed by atoms with Crippen molar-refractivity contribution in [2.45, 2.75) is 38.7 Å². The summed E-state index contributed by atoms with van der Waals surface area (Å²) >= 11 is 0. The van der Waals surface area contributed by atoms with Crippen LogP contribution in [0.2, 0.25) is 0 Å². The van der Waals surface area contributed by atoms with Crippen LogP contribution in [-0.4, -0.2) is 22.8 Å². The standard InChI is InChI=1S/C11H16O3/c1-6(12)9-4-7(13)5-10-8(9)2-3-11(10)14/h8-11,14H,2-5H2,1H3/t8-,9-,10+,11-/m1/s1. The third-order valence-electron chi connectivity index (χ3n) is 3.79. The lowest BCUT2D eigenvalue weighted by molar-refractivity contribution is -0.134. The van der Waals surface area contributed by atoms with E-state index in [-0.39, 0.29) is 35.4 Å². The van der Waals surface area contributed by atoms with Crippen molar-refractivity contribution in [2.75, 3.05) is 0 Å². The van der Waals surface area contributed by atoms with E-state index in [1.54, 1.807) is 6.92 Å². The molecule has 0 heterocycles. The van der Waals surface area contributed by atoms with Crippen LogP contribution < -0.4 is 0 Å². The molecule has 2 rings (SSSR count). The van der Waals surface area contributed by atoms with Gasteiger partial charge in [-0.3, -0.25) is 9.59 Å². The van der Waals surface area contributed by atoms with Gasteiger partial charge in [-0.25, -0.2) is 0 Å². The van der Waals surface area contributed by atoms with Gasteiger partial charge in [0.05, 0.1) is 6.10 Å². The van der Waals surface area contributed by atoms with Gasteiger partial charge in [-0.1, -0.05) is 0 Å². The molecule has 2 aliphatic carbocycles. The molecule has 1 N–H and O–H groups in total. The van der Waals surface area contributed by atoms with E-state index in [0.717, 1.165) is 12.8 Å². The molecule has 0 aromatic rings. The molecule has 3 nitrogen and oxygen atoms in total. The predicted molar refractivity (Wildman–Crippen MR) is 50.6 cm³/mol. The van der Waals surface area contributed by atoms with Crippen LogP contribution in [0.1, 0.15) is 32.6 Å². The Labute approximate surface area is 83.5 Å². The van der Waals surface area contributed by atoms with E-state index in [1.165, 1.54) is 0 Å². The first-order chi connectivity index (χ1) is 6.59. The SMILES string of the molecule is CC(=O)[C@H]1CC(=O)C[C@H]2[C@@H]1CC[C@H]2O. The molecule has 0 amide bonds. The number of hydrogen-bond acceptors (Lipinski definition) is 3. The Morgan fingerprint density at radius 3 is 2.64 bits per heavy atom. The van der Waals surface area contributed by atoms with E-state index < -0.39 is 0 Å². The van der Waals surface area contributed by atoms with Gasteiger partial charge in [0.1, 0.15) is 11.6 Å². The highest BCUT2D eigenvalue weighted by Crippen LogP contribution is 2.44. The number of rotatable bonds is 1. The van der Waals surface area contributed by atoms with Crippen molar-refractivity contribution >= 4 is 11.6 Å². The molecule has 3 heteroatoms. The first kappa shape index (κ1) is 9.84. The molecule has 0 radical (unpaired) electrons. The number of carbonyl (C=O) groups is 2. The van der Waals surface area contributed by atoms with Gasteiger partial charge in [-0.2, -0.15) is 0 Å². The highest BCUT2D eigenvalue weighted by molar-refractivity contribution is 5.88. The number of carbonyl (C=O) groups excluding carboxylic acids is 2. The molecular formula is C11H16O3. The van der Waals surface area contributed by atoms with E-state index in [4.69, 9.17) is 0 Å². The van der Waals surface area contributed by atoms with E-state index in [0.29, 0.717) is 12.8 Å². The van der Waals surface area contributed by atoms with Crippen molar-refractivity contribution in [3.8, 4) is 0 Å². The summed E-state index contributed by atoms with van der Waals surface area (Å²) in [6.45, 7) is 1.56. The van der Waals surface area contributed by atoms with Crippen LogP contribution in [0.5, 0.6) is 0 Å². The third-order valence-corrected chi connectivity index (χ3v) is 3.79. The number of aliphatic hydroxyl groups excluding tert-OH is 1. The summed E-state index contributed by atoms with van der Waals surface area (Å²) in [5.41, 5.74) is 0. The number of hydrogen-bond donors (Lipinski definition) is 1. The zero-order valence-electron chi connectivity index (χ0n) is 8.40. The van der Waals surface area contributed by atoms with Gasteiger partial charge in [0.2, 0.25) is 0 Å². The van der Waals surface area contributed by atoms with Crippen molar-refractivity contribution in [1.82, 2.24) is 0 Å². The first-order valence-electron chi connectivity index (χ1n) is 5.30. The number of ketones is 2. The average Bonchev–Trinajstić information content (AvgIpc) is 2.47. The number of fused-ring (bicyclic) bond motifs is 1. The molecule has 78 valence electrons. The van der Waals surface area contributed by atoms with Gasteiger partial charge in [0.25, 0.3) is 0 Å². The fraction of sp³-hybridized carbons (Fsp3) is 0.818. The molecule has 2 fully saturated rings. The fourth-order valence-corrected chi connectivity index (χ4v) is 3.05. The lowest BCUT2D eigenvalue weighted by Crippen LogP contribution is -2.36. The Morgan fingerprint density at radius 1 is 1.29 bits per heavy atom. The predicted octanol–water partition coefficient (Wildman–Crippen LogP) is 0.942. The van der Waals surface area contributed by atoms with Crippen molar-refractivity contribution in [1.29, 1.82) is 0 Å². The topological polar surface area (TPSA) is 54.4 Å². The summed E-state index contributed by atoms with van der Waals surface area (Å²) in [4.78, 5) is 22.8. The van der Waals surface area contributed by atoms with Gasteiger partial charge in [0.15, 0.2) is 0 Å². The van der Waals surface area contributed by atoms with Gasteiger partial charge in [-0.15, -0.1) is 0 Å². The molecule has 0 spiro atoms. The summed E-state index contributed by atoms with van der Waals surface area (Å²) in [6.07, 6.45) is 2.19. The zero-order valence-corrected chi connectivity index (χ0v) is 8.40. The molecule has 14 heavy (non-hydrogen) atoms. The van der Waals surface area contributed by atoms with Crippen LogP contribution in [0.4, 0.5) is 0 Å².